The van der Waals surface area contributed by atoms with Gasteiger partial charge in [-0.1, -0.05) is 12.1 Å². The second kappa shape index (κ2) is 4.45. The smallest absolute Gasteiger partial charge is 0.238 e. The van der Waals surface area contributed by atoms with Crippen LogP contribution in [0, 0.1) is 0 Å². The summed E-state index contributed by atoms with van der Waals surface area (Å²) in [5.41, 5.74) is -0.616. The van der Waals surface area contributed by atoms with Crippen LogP contribution < -0.4 is 5.43 Å². The van der Waals surface area contributed by atoms with E-state index in [4.69, 9.17) is 4.42 Å². The fraction of sp³-hybridized carbons (Fsp3) is 0. The van der Waals surface area contributed by atoms with Crippen LogP contribution in [0.3, 0.4) is 0 Å². The van der Waals surface area contributed by atoms with Gasteiger partial charge in [0, 0.05) is 17.7 Å². The van der Waals surface area contributed by atoms with Crippen LogP contribution in [0.15, 0.2) is 45.6 Å². The molecule has 0 radical (unpaired) electrons. The van der Waals surface area contributed by atoms with Gasteiger partial charge < -0.3 is 24.8 Å². The molecule has 0 aliphatic rings. The molecule has 0 spiro atoms. The fourth-order valence-corrected chi connectivity index (χ4v) is 2.12. The first-order valence-corrected chi connectivity index (χ1v) is 5.98. The molecule has 0 unspecified atom stereocenters. The largest absolute Gasteiger partial charge is 0.508 e. The molecule has 4 N–H and O–H groups in total. The molecule has 3 aromatic rings. The highest BCUT2D eigenvalue weighted by Gasteiger charge is 2.18. The van der Waals surface area contributed by atoms with Gasteiger partial charge in [-0.25, -0.2) is 0 Å². The first-order valence-electron chi connectivity index (χ1n) is 5.98. The van der Waals surface area contributed by atoms with Crippen molar-refractivity contribution in [3.05, 3.63) is 46.6 Å². The molecule has 0 fully saturated rings. The molecule has 3 rings (SSSR count). The van der Waals surface area contributed by atoms with Gasteiger partial charge in [0.2, 0.25) is 11.2 Å². The van der Waals surface area contributed by atoms with Crippen molar-refractivity contribution < 1.29 is 24.8 Å². The van der Waals surface area contributed by atoms with E-state index in [9.17, 15) is 25.2 Å². The van der Waals surface area contributed by atoms with E-state index in [0.717, 1.165) is 12.1 Å². The predicted molar refractivity (Wildman–Crippen MR) is 74.6 cm³/mol. The summed E-state index contributed by atoms with van der Waals surface area (Å²) in [6.07, 6.45) is 0. The Morgan fingerprint density at radius 1 is 0.905 bits per heavy atom. The van der Waals surface area contributed by atoms with E-state index in [2.05, 4.69) is 0 Å². The van der Waals surface area contributed by atoms with Crippen molar-refractivity contribution in [3.8, 4) is 34.3 Å². The van der Waals surface area contributed by atoms with Crippen LogP contribution in [0.25, 0.3) is 22.3 Å². The summed E-state index contributed by atoms with van der Waals surface area (Å²) in [6.45, 7) is 0. The number of hydrogen-bond donors (Lipinski definition) is 4. The van der Waals surface area contributed by atoms with Crippen LogP contribution in [-0.2, 0) is 0 Å². The quantitative estimate of drug-likeness (QED) is 0.546. The van der Waals surface area contributed by atoms with E-state index in [1.54, 1.807) is 0 Å². The zero-order chi connectivity index (χ0) is 15.1. The van der Waals surface area contributed by atoms with Crippen molar-refractivity contribution in [1.29, 1.82) is 0 Å². The molecule has 0 aliphatic carbocycles. The van der Waals surface area contributed by atoms with E-state index in [-0.39, 0.29) is 33.8 Å². The molecular weight excluding hydrogens is 276 g/mol. The van der Waals surface area contributed by atoms with Gasteiger partial charge in [-0.05, 0) is 12.1 Å². The summed E-state index contributed by atoms with van der Waals surface area (Å²) in [7, 11) is 0. The van der Waals surface area contributed by atoms with Crippen molar-refractivity contribution in [1.82, 2.24) is 0 Å². The molecule has 0 bridgehead atoms. The Morgan fingerprint density at radius 3 is 2.38 bits per heavy atom. The van der Waals surface area contributed by atoms with Crippen LogP contribution in [0.5, 0.6) is 23.0 Å². The average Bonchev–Trinajstić information content (AvgIpc) is 2.42. The molecule has 0 aliphatic heterocycles. The molecule has 21 heavy (non-hydrogen) atoms. The fourth-order valence-electron chi connectivity index (χ4n) is 2.12. The molecule has 0 saturated heterocycles. The molecule has 0 saturated carbocycles. The molecule has 6 heteroatoms. The van der Waals surface area contributed by atoms with Crippen LogP contribution in [-0.4, -0.2) is 20.4 Å². The lowest BCUT2D eigenvalue weighted by molar-refractivity contribution is 0.438. The summed E-state index contributed by atoms with van der Waals surface area (Å²) in [4.78, 5) is 12.1. The molecule has 0 atom stereocenters. The van der Waals surface area contributed by atoms with Gasteiger partial charge in [-0.15, -0.1) is 0 Å². The number of phenolic OH excluding ortho intramolecular Hbond substituents is 3. The molecule has 1 aromatic heterocycles. The first-order chi connectivity index (χ1) is 9.97. The first kappa shape index (κ1) is 12.9. The molecule has 1 heterocycles. The standard InChI is InChI=1S/C15H10O6/c16-8-3-1-2-7(4-8)15-14(20)13(19)12-10(18)5-9(17)6-11(12)21-15/h1-6,16-18,20H. The molecule has 2 aromatic carbocycles. The second-order valence-corrected chi connectivity index (χ2v) is 4.50. The van der Waals surface area contributed by atoms with E-state index < -0.39 is 16.9 Å². The van der Waals surface area contributed by atoms with Crippen LogP contribution >= 0.6 is 0 Å². The number of fused-ring (bicyclic) bond motifs is 1. The normalized spacial score (nSPS) is 10.9. The van der Waals surface area contributed by atoms with Crippen molar-refractivity contribution >= 4 is 11.0 Å². The Labute approximate surface area is 117 Å². The highest BCUT2D eigenvalue weighted by molar-refractivity contribution is 5.88. The van der Waals surface area contributed by atoms with E-state index in [1.165, 1.54) is 24.3 Å². The minimum absolute atomic E-state index is 0.0617. The lowest BCUT2D eigenvalue weighted by Crippen LogP contribution is -2.02. The summed E-state index contributed by atoms with van der Waals surface area (Å²) in [5, 5.41) is 38.3. The number of phenols is 3. The third-order valence-corrected chi connectivity index (χ3v) is 3.04. The zero-order valence-corrected chi connectivity index (χ0v) is 10.6. The third kappa shape index (κ3) is 2.02. The molecule has 6 nitrogen and oxygen atoms in total. The van der Waals surface area contributed by atoms with Crippen molar-refractivity contribution in [2.75, 3.05) is 0 Å². The van der Waals surface area contributed by atoms with Crippen molar-refractivity contribution in [2.24, 2.45) is 0 Å². The summed E-state index contributed by atoms with van der Waals surface area (Å²) >= 11 is 0. The summed E-state index contributed by atoms with van der Waals surface area (Å²) in [5.74, 6) is -1.68. The zero-order valence-electron chi connectivity index (χ0n) is 10.6. The van der Waals surface area contributed by atoms with Gasteiger partial charge in [0.05, 0.1) is 0 Å². The number of aromatic hydroxyl groups is 4. The maximum Gasteiger partial charge on any atom is 0.238 e. The van der Waals surface area contributed by atoms with Crippen molar-refractivity contribution in [3.63, 3.8) is 0 Å². The molecular formula is C15H10O6. The number of benzene rings is 2. The van der Waals surface area contributed by atoms with Crippen molar-refractivity contribution in [2.45, 2.75) is 0 Å². The minimum Gasteiger partial charge on any atom is -0.508 e. The van der Waals surface area contributed by atoms with Gasteiger partial charge in [0.25, 0.3) is 0 Å². The van der Waals surface area contributed by atoms with Gasteiger partial charge >= 0.3 is 0 Å². The van der Waals surface area contributed by atoms with E-state index >= 15 is 0 Å². The monoisotopic (exact) mass is 286 g/mol. The lowest BCUT2D eigenvalue weighted by atomic mass is 10.1. The second-order valence-electron chi connectivity index (χ2n) is 4.50. The summed E-state index contributed by atoms with van der Waals surface area (Å²) < 4.78 is 5.40. The van der Waals surface area contributed by atoms with Crippen LogP contribution in [0.2, 0.25) is 0 Å². The maximum absolute atomic E-state index is 12.1. The lowest BCUT2D eigenvalue weighted by Gasteiger charge is -2.07. The van der Waals surface area contributed by atoms with Crippen LogP contribution in [0.1, 0.15) is 0 Å². The maximum atomic E-state index is 12.1. The van der Waals surface area contributed by atoms with Gasteiger partial charge in [-0.3, -0.25) is 4.79 Å². The number of hydrogen-bond acceptors (Lipinski definition) is 6. The van der Waals surface area contributed by atoms with Gasteiger partial charge in [-0.2, -0.15) is 0 Å². The molecule has 0 amide bonds. The van der Waals surface area contributed by atoms with Gasteiger partial charge in [0.1, 0.15) is 28.2 Å². The SMILES string of the molecule is O=c1c(O)c(-c2cccc(O)c2)oc2cc(O)cc(O)c12. The van der Waals surface area contributed by atoms with E-state index in [1.807, 2.05) is 0 Å². The Bertz CT molecular complexity index is 910. The highest BCUT2D eigenvalue weighted by atomic mass is 16.4. The van der Waals surface area contributed by atoms with E-state index in [0.29, 0.717) is 0 Å². The minimum atomic E-state index is -0.827. The Hall–Kier alpha value is -3.15. The summed E-state index contributed by atoms with van der Waals surface area (Å²) in [6, 6.07) is 7.93. The van der Waals surface area contributed by atoms with Crippen LogP contribution in [0.4, 0.5) is 0 Å². The third-order valence-electron chi connectivity index (χ3n) is 3.04. The topological polar surface area (TPSA) is 111 Å². The Morgan fingerprint density at radius 2 is 1.67 bits per heavy atom. The Balaban J connectivity index is 2.40. The predicted octanol–water partition coefficient (Wildman–Crippen LogP) is 2.28. The average molecular weight is 286 g/mol. The Kier molecular flexibility index (Phi) is 2.72. The highest BCUT2D eigenvalue weighted by Crippen LogP contribution is 2.35. The number of rotatable bonds is 1. The molecule has 106 valence electrons. The van der Waals surface area contributed by atoms with Gasteiger partial charge in [0.15, 0.2) is 5.76 Å².